The van der Waals surface area contributed by atoms with Gasteiger partial charge in [-0.1, -0.05) is 24.3 Å². The molecule has 1 heterocycles. The topological polar surface area (TPSA) is 68.0 Å². The summed E-state index contributed by atoms with van der Waals surface area (Å²) in [5.74, 6) is -0.463. The van der Waals surface area contributed by atoms with Gasteiger partial charge >= 0.3 is 0 Å². The molecule has 0 bridgehead atoms. The zero-order chi connectivity index (χ0) is 13.9. The molecule has 0 fully saturated rings. The Balaban J connectivity index is 2.42. The van der Waals surface area contributed by atoms with Crippen molar-refractivity contribution in [2.45, 2.75) is 19.4 Å². The van der Waals surface area contributed by atoms with Gasteiger partial charge in [0.25, 0.3) is 0 Å². The molecule has 0 aliphatic carbocycles. The summed E-state index contributed by atoms with van der Waals surface area (Å²) in [6.45, 7) is 3.71. The molecule has 1 atom stereocenters. The zero-order valence-electron chi connectivity index (χ0n) is 11.1. The van der Waals surface area contributed by atoms with Crippen molar-refractivity contribution in [1.29, 1.82) is 0 Å². The van der Waals surface area contributed by atoms with Crippen LogP contribution >= 0.6 is 0 Å². The van der Waals surface area contributed by atoms with E-state index in [1.165, 1.54) is 0 Å². The van der Waals surface area contributed by atoms with E-state index in [4.69, 9.17) is 5.73 Å². The number of aryl methyl sites for hydroxylation is 1. The van der Waals surface area contributed by atoms with Crippen LogP contribution in [0.3, 0.4) is 0 Å². The second-order valence-corrected chi connectivity index (χ2v) is 4.64. The standard InChI is InChI=1S/C15H17N3O/c1-11-7-3-4-8-12(11)18-15(2,14(16)19)13-9-5-6-10-17-13/h3-10,18H,1-2H3,(H2,16,19). The summed E-state index contributed by atoms with van der Waals surface area (Å²) in [5, 5.41) is 3.20. The summed E-state index contributed by atoms with van der Waals surface area (Å²) in [6.07, 6.45) is 1.65. The highest BCUT2D eigenvalue weighted by molar-refractivity contribution is 5.88. The number of anilines is 1. The first-order chi connectivity index (χ1) is 9.04. The van der Waals surface area contributed by atoms with E-state index >= 15 is 0 Å². The van der Waals surface area contributed by atoms with Crippen LogP contribution in [0.5, 0.6) is 0 Å². The molecule has 19 heavy (non-hydrogen) atoms. The van der Waals surface area contributed by atoms with Crippen LogP contribution in [0.25, 0.3) is 0 Å². The lowest BCUT2D eigenvalue weighted by Crippen LogP contribution is -2.45. The van der Waals surface area contributed by atoms with Gasteiger partial charge in [-0.25, -0.2) is 0 Å². The minimum atomic E-state index is -1.03. The minimum absolute atomic E-state index is 0.463. The van der Waals surface area contributed by atoms with Gasteiger partial charge in [-0.05, 0) is 37.6 Å². The Morgan fingerprint density at radius 3 is 2.47 bits per heavy atom. The molecule has 1 unspecified atom stereocenters. The van der Waals surface area contributed by atoms with Gasteiger partial charge in [0.15, 0.2) is 5.54 Å². The molecular formula is C15H17N3O. The molecular weight excluding hydrogens is 238 g/mol. The Morgan fingerprint density at radius 1 is 1.21 bits per heavy atom. The Morgan fingerprint density at radius 2 is 1.89 bits per heavy atom. The van der Waals surface area contributed by atoms with Gasteiger partial charge in [0, 0.05) is 11.9 Å². The first kappa shape index (κ1) is 13.1. The van der Waals surface area contributed by atoms with E-state index in [-0.39, 0.29) is 0 Å². The van der Waals surface area contributed by atoms with Crippen LogP contribution in [0.4, 0.5) is 5.69 Å². The van der Waals surface area contributed by atoms with Gasteiger partial charge < -0.3 is 11.1 Å². The summed E-state index contributed by atoms with van der Waals surface area (Å²) >= 11 is 0. The third-order valence-electron chi connectivity index (χ3n) is 3.20. The minimum Gasteiger partial charge on any atom is -0.367 e. The fourth-order valence-corrected chi connectivity index (χ4v) is 1.89. The molecule has 0 spiro atoms. The van der Waals surface area contributed by atoms with Crippen LogP contribution in [0.1, 0.15) is 18.2 Å². The summed E-state index contributed by atoms with van der Waals surface area (Å²) < 4.78 is 0. The fourth-order valence-electron chi connectivity index (χ4n) is 1.89. The van der Waals surface area contributed by atoms with Crippen molar-refractivity contribution < 1.29 is 4.79 Å². The lowest BCUT2D eigenvalue weighted by atomic mass is 9.95. The average Bonchev–Trinajstić information content (AvgIpc) is 2.42. The van der Waals surface area contributed by atoms with E-state index < -0.39 is 11.4 Å². The molecule has 3 N–H and O–H groups in total. The first-order valence-corrected chi connectivity index (χ1v) is 6.09. The normalized spacial score (nSPS) is 13.6. The van der Waals surface area contributed by atoms with Gasteiger partial charge in [0.2, 0.25) is 5.91 Å². The molecule has 0 aliphatic heterocycles. The number of nitrogens with zero attached hydrogens (tertiary/aromatic N) is 1. The molecule has 0 radical (unpaired) electrons. The monoisotopic (exact) mass is 255 g/mol. The number of primary amides is 1. The molecule has 2 rings (SSSR count). The third-order valence-corrected chi connectivity index (χ3v) is 3.20. The van der Waals surface area contributed by atoms with E-state index in [1.54, 1.807) is 25.3 Å². The smallest absolute Gasteiger partial charge is 0.249 e. The van der Waals surface area contributed by atoms with Crippen LogP contribution in [0, 0.1) is 6.92 Å². The van der Waals surface area contributed by atoms with Crippen molar-refractivity contribution in [3.8, 4) is 0 Å². The van der Waals surface area contributed by atoms with Crippen LogP contribution in [-0.4, -0.2) is 10.9 Å². The van der Waals surface area contributed by atoms with Gasteiger partial charge in [-0.15, -0.1) is 0 Å². The molecule has 1 aromatic heterocycles. The number of hydrogen-bond donors (Lipinski definition) is 2. The number of rotatable bonds is 4. The maximum Gasteiger partial charge on any atom is 0.249 e. The van der Waals surface area contributed by atoms with E-state index in [0.29, 0.717) is 5.69 Å². The van der Waals surface area contributed by atoms with Crippen LogP contribution in [0.2, 0.25) is 0 Å². The predicted octanol–water partition coefficient (Wildman–Crippen LogP) is 2.20. The number of nitrogens with two attached hydrogens (primary N) is 1. The average molecular weight is 255 g/mol. The van der Waals surface area contributed by atoms with Gasteiger partial charge in [0.05, 0.1) is 5.69 Å². The highest BCUT2D eigenvalue weighted by Crippen LogP contribution is 2.26. The lowest BCUT2D eigenvalue weighted by Gasteiger charge is -2.28. The molecule has 0 aliphatic rings. The molecule has 0 saturated heterocycles. The fraction of sp³-hybridized carbons (Fsp3) is 0.200. The summed E-state index contributed by atoms with van der Waals surface area (Å²) in [5.41, 5.74) is 7.04. The largest absolute Gasteiger partial charge is 0.367 e. The number of nitrogens with one attached hydrogen (secondary N) is 1. The second kappa shape index (κ2) is 5.10. The maximum absolute atomic E-state index is 11.9. The molecule has 1 amide bonds. The van der Waals surface area contributed by atoms with E-state index in [9.17, 15) is 4.79 Å². The molecule has 98 valence electrons. The Kier molecular flexibility index (Phi) is 3.51. The van der Waals surface area contributed by atoms with E-state index in [2.05, 4.69) is 10.3 Å². The van der Waals surface area contributed by atoms with Crippen LogP contribution in [0.15, 0.2) is 48.7 Å². The first-order valence-electron chi connectivity index (χ1n) is 6.09. The molecule has 1 aromatic carbocycles. The van der Waals surface area contributed by atoms with Crippen molar-refractivity contribution in [2.75, 3.05) is 5.32 Å². The number of para-hydroxylation sites is 1. The number of amides is 1. The van der Waals surface area contributed by atoms with E-state index in [0.717, 1.165) is 11.3 Å². The highest BCUT2D eigenvalue weighted by atomic mass is 16.1. The number of carbonyl (C=O) groups excluding carboxylic acids is 1. The summed E-state index contributed by atoms with van der Waals surface area (Å²) in [4.78, 5) is 16.1. The number of benzene rings is 1. The van der Waals surface area contributed by atoms with E-state index in [1.807, 2.05) is 37.3 Å². The van der Waals surface area contributed by atoms with Crippen LogP contribution in [-0.2, 0) is 10.3 Å². The zero-order valence-corrected chi connectivity index (χ0v) is 11.1. The van der Waals surface area contributed by atoms with Crippen molar-refractivity contribution in [1.82, 2.24) is 4.98 Å². The second-order valence-electron chi connectivity index (χ2n) is 4.64. The maximum atomic E-state index is 11.9. The molecule has 4 nitrogen and oxygen atoms in total. The van der Waals surface area contributed by atoms with Gasteiger partial charge in [0.1, 0.15) is 0 Å². The predicted molar refractivity (Wildman–Crippen MR) is 75.6 cm³/mol. The third kappa shape index (κ3) is 2.57. The number of hydrogen-bond acceptors (Lipinski definition) is 3. The Hall–Kier alpha value is -2.36. The number of pyridine rings is 1. The van der Waals surface area contributed by atoms with Crippen molar-refractivity contribution in [2.24, 2.45) is 5.73 Å². The van der Waals surface area contributed by atoms with Gasteiger partial charge in [-0.3, -0.25) is 9.78 Å². The molecule has 2 aromatic rings. The summed E-state index contributed by atoms with van der Waals surface area (Å²) in [6, 6.07) is 13.2. The van der Waals surface area contributed by atoms with Crippen molar-refractivity contribution in [3.63, 3.8) is 0 Å². The van der Waals surface area contributed by atoms with Crippen LogP contribution < -0.4 is 11.1 Å². The SMILES string of the molecule is Cc1ccccc1NC(C)(C(N)=O)c1ccccn1. The number of carbonyl (C=O) groups is 1. The lowest BCUT2D eigenvalue weighted by molar-refractivity contribution is -0.122. The quantitative estimate of drug-likeness (QED) is 0.880. The highest BCUT2D eigenvalue weighted by Gasteiger charge is 2.34. The summed E-state index contributed by atoms with van der Waals surface area (Å²) in [7, 11) is 0. The van der Waals surface area contributed by atoms with Crippen molar-refractivity contribution in [3.05, 3.63) is 59.9 Å². The van der Waals surface area contributed by atoms with Crippen molar-refractivity contribution >= 4 is 11.6 Å². The number of aromatic nitrogens is 1. The molecule has 4 heteroatoms. The molecule has 0 saturated carbocycles. The Bertz CT molecular complexity index is 583. The Labute approximate surface area is 112 Å². The van der Waals surface area contributed by atoms with Gasteiger partial charge in [-0.2, -0.15) is 0 Å².